The molecule has 0 aromatic heterocycles. The summed E-state index contributed by atoms with van der Waals surface area (Å²) < 4.78 is 25.5. The lowest BCUT2D eigenvalue weighted by molar-refractivity contribution is -0.0629. The minimum Gasteiger partial charge on any atom is -0.390 e. The third kappa shape index (κ3) is 3.00. The molecule has 0 bridgehead atoms. The molecule has 1 aromatic rings. The van der Waals surface area contributed by atoms with Crippen LogP contribution in [0.15, 0.2) is 18.2 Å². The largest absolute Gasteiger partial charge is 0.390 e. The normalized spacial score (nSPS) is 16.9. The van der Waals surface area contributed by atoms with Crippen LogP contribution in [-0.2, 0) is 6.42 Å². The summed E-state index contributed by atoms with van der Waals surface area (Å²) in [4.78, 5) is 0. The molecule has 16 heavy (non-hydrogen) atoms. The van der Waals surface area contributed by atoms with Crippen LogP contribution >= 0.6 is 0 Å². The molecule has 2 N–H and O–H groups in total. The molecule has 0 saturated carbocycles. The van der Waals surface area contributed by atoms with Crippen LogP contribution in [0.2, 0.25) is 0 Å². The number of aliphatic hydroxyl groups excluding tert-OH is 1. The number of halogens is 2. The lowest BCUT2D eigenvalue weighted by Crippen LogP contribution is -2.39. The molecule has 0 spiro atoms. The lowest BCUT2D eigenvalue weighted by atomic mass is 9.91. The van der Waals surface area contributed by atoms with Gasteiger partial charge in [-0.2, -0.15) is 0 Å². The van der Waals surface area contributed by atoms with Crippen molar-refractivity contribution in [3.8, 4) is 0 Å². The maximum atomic E-state index is 12.9. The summed E-state index contributed by atoms with van der Waals surface area (Å²) in [5.74, 6) is -1.86. The molecule has 1 rings (SSSR count). The van der Waals surface area contributed by atoms with E-state index in [4.69, 9.17) is 0 Å². The Hall–Kier alpha value is -1.00. The average molecular weight is 230 g/mol. The van der Waals surface area contributed by atoms with E-state index in [-0.39, 0.29) is 6.42 Å². The van der Waals surface area contributed by atoms with Crippen LogP contribution in [0, 0.1) is 11.6 Å². The highest BCUT2D eigenvalue weighted by Gasteiger charge is 2.28. The molecule has 0 radical (unpaired) electrons. The summed E-state index contributed by atoms with van der Waals surface area (Å²) in [6.45, 7) is 3.26. The zero-order chi connectivity index (χ0) is 12.3. The molecule has 0 aliphatic heterocycles. The molecule has 2 atom stereocenters. The van der Waals surface area contributed by atoms with Gasteiger partial charge in [0.1, 0.15) is 0 Å². The van der Waals surface area contributed by atoms with Gasteiger partial charge in [-0.25, -0.2) is 8.78 Å². The van der Waals surface area contributed by atoms with Crippen LogP contribution in [0.4, 0.5) is 8.78 Å². The van der Waals surface area contributed by atoms with Crippen molar-refractivity contribution in [3.05, 3.63) is 35.4 Å². The van der Waals surface area contributed by atoms with Gasteiger partial charge >= 0.3 is 0 Å². The third-order valence-corrected chi connectivity index (χ3v) is 2.85. The number of hydrogen-bond donors (Lipinski definition) is 2. The molecule has 0 aliphatic carbocycles. The van der Waals surface area contributed by atoms with E-state index < -0.39 is 23.3 Å². The van der Waals surface area contributed by atoms with Crippen LogP contribution in [0.1, 0.15) is 25.8 Å². The third-order valence-electron chi connectivity index (χ3n) is 2.85. The Morgan fingerprint density at radius 2 is 1.94 bits per heavy atom. The van der Waals surface area contributed by atoms with Crippen LogP contribution in [0.25, 0.3) is 0 Å². The molecule has 90 valence electrons. The van der Waals surface area contributed by atoms with Gasteiger partial charge in [-0.1, -0.05) is 13.0 Å². The second-order valence-electron chi connectivity index (χ2n) is 4.18. The van der Waals surface area contributed by atoms with Crippen LogP contribution < -0.4 is 0 Å². The van der Waals surface area contributed by atoms with Crippen molar-refractivity contribution in [2.45, 2.75) is 38.4 Å². The first-order valence-corrected chi connectivity index (χ1v) is 5.21. The highest BCUT2D eigenvalue weighted by molar-refractivity contribution is 5.19. The van der Waals surface area contributed by atoms with E-state index in [0.29, 0.717) is 12.0 Å². The van der Waals surface area contributed by atoms with Crippen molar-refractivity contribution in [1.82, 2.24) is 0 Å². The molecular weight excluding hydrogens is 214 g/mol. The van der Waals surface area contributed by atoms with Gasteiger partial charge < -0.3 is 10.2 Å². The van der Waals surface area contributed by atoms with E-state index in [1.54, 1.807) is 6.92 Å². The topological polar surface area (TPSA) is 40.5 Å². The van der Waals surface area contributed by atoms with E-state index in [9.17, 15) is 19.0 Å². The van der Waals surface area contributed by atoms with Crippen LogP contribution in [0.3, 0.4) is 0 Å². The lowest BCUT2D eigenvalue weighted by Gasteiger charge is -2.27. The van der Waals surface area contributed by atoms with E-state index in [1.165, 1.54) is 13.0 Å². The molecule has 2 nitrogen and oxygen atoms in total. The van der Waals surface area contributed by atoms with Crippen molar-refractivity contribution in [3.63, 3.8) is 0 Å². The SMILES string of the molecule is CCC(C)(O)C(O)Cc1ccc(F)c(F)c1. The predicted octanol–water partition coefficient (Wildman–Crippen LogP) is 2.03. The van der Waals surface area contributed by atoms with Crippen molar-refractivity contribution in [2.24, 2.45) is 0 Å². The predicted molar refractivity (Wildman–Crippen MR) is 57.0 cm³/mol. The maximum absolute atomic E-state index is 12.9. The fourth-order valence-electron chi connectivity index (χ4n) is 1.35. The van der Waals surface area contributed by atoms with Crippen molar-refractivity contribution >= 4 is 0 Å². The zero-order valence-electron chi connectivity index (χ0n) is 9.37. The first kappa shape index (κ1) is 13.1. The monoisotopic (exact) mass is 230 g/mol. The Kier molecular flexibility index (Phi) is 3.99. The summed E-state index contributed by atoms with van der Waals surface area (Å²) in [5, 5.41) is 19.5. The number of benzene rings is 1. The summed E-state index contributed by atoms with van der Waals surface area (Å²) in [5.41, 5.74) is -0.759. The van der Waals surface area contributed by atoms with Gasteiger partial charge in [0.15, 0.2) is 11.6 Å². The Morgan fingerprint density at radius 3 is 2.44 bits per heavy atom. The molecule has 0 aliphatic rings. The maximum Gasteiger partial charge on any atom is 0.159 e. The molecule has 0 saturated heterocycles. The Morgan fingerprint density at radius 1 is 1.31 bits per heavy atom. The number of aliphatic hydroxyl groups is 2. The average Bonchev–Trinajstić information content (AvgIpc) is 2.23. The molecule has 1 aromatic carbocycles. The smallest absolute Gasteiger partial charge is 0.159 e. The fourth-order valence-corrected chi connectivity index (χ4v) is 1.35. The first-order chi connectivity index (χ1) is 7.36. The van der Waals surface area contributed by atoms with E-state index in [2.05, 4.69) is 0 Å². The van der Waals surface area contributed by atoms with E-state index >= 15 is 0 Å². The molecule has 4 heteroatoms. The number of hydrogen-bond acceptors (Lipinski definition) is 2. The molecule has 2 unspecified atom stereocenters. The van der Waals surface area contributed by atoms with Gasteiger partial charge in [-0.3, -0.25) is 0 Å². The van der Waals surface area contributed by atoms with E-state index in [1.807, 2.05) is 0 Å². The minimum absolute atomic E-state index is 0.0953. The van der Waals surface area contributed by atoms with Gasteiger partial charge in [0.05, 0.1) is 11.7 Å². The van der Waals surface area contributed by atoms with Crippen LogP contribution in [0.5, 0.6) is 0 Å². The van der Waals surface area contributed by atoms with Crippen molar-refractivity contribution in [1.29, 1.82) is 0 Å². The highest BCUT2D eigenvalue weighted by atomic mass is 19.2. The Balaban J connectivity index is 2.77. The van der Waals surface area contributed by atoms with Crippen molar-refractivity contribution < 1.29 is 19.0 Å². The Bertz CT molecular complexity index is 364. The molecule has 0 fully saturated rings. The summed E-state index contributed by atoms with van der Waals surface area (Å²) in [6, 6.07) is 3.44. The molecular formula is C12H16F2O2. The molecule has 0 heterocycles. The highest BCUT2D eigenvalue weighted by Crippen LogP contribution is 2.19. The zero-order valence-corrected chi connectivity index (χ0v) is 9.37. The Labute approximate surface area is 93.5 Å². The summed E-state index contributed by atoms with van der Waals surface area (Å²) in [6.07, 6.45) is -0.516. The quantitative estimate of drug-likeness (QED) is 0.830. The van der Waals surface area contributed by atoms with Gasteiger partial charge in [-0.05, 0) is 31.0 Å². The van der Waals surface area contributed by atoms with Crippen LogP contribution in [-0.4, -0.2) is 21.9 Å². The van der Waals surface area contributed by atoms with Gasteiger partial charge in [0.2, 0.25) is 0 Å². The van der Waals surface area contributed by atoms with Gasteiger partial charge in [0.25, 0.3) is 0 Å². The van der Waals surface area contributed by atoms with Crippen molar-refractivity contribution in [2.75, 3.05) is 0 Å². The minimum atomic E-state index is -1.22. The molecule has 0 amide bonds. The standard InChI is InChI=1S/C12H16F2O2/c1-3-12(2,16)11(15)7-8-4-5-9(13)10(14)6-8/h4-6,11,15-16H,3,7H2,1-2H3. The first-order valence-electron chi connectivity index (χ1n) is 5.21. The second-order valence-corrected chi connectivity index (χ2v) is 4.18. The van der Waals surface area contributed by atoms with Gasteiger partial charge in [0, 0.05) is 6.42 Å². The summed E-state index contributed by atoms with van der Waals surface area (Å²) in [7, 11) is 0. The fraction of sp³-hybridized carbons (Fsp3) is 0.500. The second kappa shape index (κ2) is 4.89. The summed E-state index contributed by atoms with van der Waals surface area (Å²) >= 11 is 0. The van der Waals surface area contributed by atoms with E-state index in [0.717, 1.165) is 12.1 Å². The van der Waals surface area contributed by atoms with Gasteiger partial charge in [-0.15, -0.1) is 0 Å². The number of rotatable bonds is 4.